The first-order valence-electron chi connectivity index (χ1n) is 11.4. The Bertz CT molecular complexity index is 1100. The van der Waals surface area contributed by atoms with E-state index < -0.39 is 17.8 Å². The molecule has 3 aromatic carbocycles. The van der Waals surface area contributed by atoms with Crippen molar-refractivity contribution in [2.75, 3.05) is 6.61 Å². The van der Waals surface area contributed by atoms with Gasteiger partial charge in [0.1, 0.15) is 17.6 Å². The Morgan fingerprint density at radius 2 is 1.59 bits per heavy atom. The lowest BCUT2D eigenvalue weighted by Crippen LogP contribution is -2.53. The van der Waals surface area contributed by atoms with Gasteiger partial charge in [0.05, 0.1) is 0 Å². The van der Waals surface area contributed by atoms with Crippen LogP contribution in [0.2, 0.25) is 0 Å². The van der Waals surface area contributed by atoms with Crippen LogP contribution in [0.15, 0.2) is 78.9 Å². The molecule has 3 rings (SSSR count). The molecule has 0 bridgehead atoms. The van der Waals surface area contributed by atoms with E-state index in [4.69, 9.17) is 4.74 Å². The van der Waals surface area contributed by atoms with Crippen molar-refractivity contribution < 1.29 is 18.7 Å². The van der Waals surface area contributed by atoms with E-state index in [9.17, 15) is 14.0 Å². The predicted octanol–water partition coefficient (Wildman–Crippen LogP) is 4.68. The van der Waals surface area contributed by atoms with E-state index in [1.807, 2.05) is 69.3 Å². The van der Waals surface area contributed by atoms with Crippen LogP contribution in [-0.2, 0) is 22.6 Å². The van der Waals surface area contributed by atoms with Gasteiger partial charge in [0.25, 0.3) is 5.91 Å². The molecule has 34 heavy (non-hydrogen) atoms. The monoisotopic (exact) mass is 462 g/mol. The van der Waals surface area contributed by atoms with Gasteiger partial charge in [-0.15, -0.1) is 0 Å². The summed E-state index contributed by atoms with van der Waals surface area (Å²) in [6.45, 7) is 5.31. The summed E-state index contributed by atoms with van der Waals surface area (Å²) in [5.74, 6) is -0.526. The predicted molar refractivity (Wildman–Crippen MR) is 131 cm³/mol. The van der Waals surface area contributed by atoms with E-state index in [-0.39, 0.29) is 25.1 Å². The molecular weight excluding hydrogens is 431 g/mol. The highest BCUT2D eigenvalue weighted by atomic mass is 19.1. The number of nitrogens with one attached hydrogen (secondary N) is 1. The second-order valence-electron chi connectivity index (χ2n) is 8.54. The van der Waals surface area contributed by atoms with Crippen molar-refractivity contribution in [3.05, 3.63) is 101 Å². The van der Waals surface area contributed by atoms with E-state index in [0.29, 0.717) is 17.7 Å². The summed E-state index contributed by atoms with van der Waals surface area (Å²) >= 11 is 0. The molecule has 0 unspecified atom stereocenters. The number of carbonyl (C=O) groups excluding carboxylic acids is 2. The molecule has 178 valence electrons. The molecule has 0 aliphatic heterocycles. The van der Waals surface area contributed by atoms with Gasteiger partial charge in [0.15, 0.2) is 6.61 Å². The van der Waals surface area contributed by atoms with Crippen molar-refractivity contribution in [2.24, 2.45) is 0 Å². The summed E-state index contributed by atoms with van der Waals surface area (Å²) < 4.78 is 20.3. The number of aryl methyl sites for hydroxylation is 1. The zero-order valence-corrected chi connectivity index (χ0v) is 19.8. The first-order chi connectivity index (χ1) is 16.3. The molecular formula is C28H31FN2O3. The van der Waals surface area contributed by atoms with Crippen LogP contribution < -0.4 is 10.1 Å². The van der Waals surface area contributed by atoms with Crippen LogP contribution in [0.3, 0.4) is 0 Å². The average molecular weight is 463 g/mol. The van der Waals surface area contributed by atoms with Crippen LogP contribution in [0.1, 0.15) is 30.5 Å². The Morgan fingerprint density at radius 1 is 0.941 bits per heavy atom. The minimum absolute atomic E-state index is 0.0499. The number of ether oxygens (including phenoxy) is 1. The van der Waals surface area contributed by atoms with Crippen LogP contribution in [-0.4, -0.2) is 35.4 Å². The number of benzene rings is 3. The van der Waals surface area contributed by atoms with Crippen molar-refractivity contribution in [3.63, 3.8) is 0 Å². The van der Waals surface area contributed by atoms with Crippen molar-refractivity contribution in [3.8, 4) is 5.75 Å². The SMILES string of the molecule is Cc1ccccc1OCC(=O)N(Cc1ccccc1F)[C@@H](Cc1ccccc1)C(=O)NC(C)C. The Morgan fingerprint density at radius 3 is 2.26 bits per heavy atom. The summed E-state index contributed by atoms with van der Waals surface area (Å²) in [6, 6.07) is 22.2. The van der Waals surface area contributed by atoms with Gasteiger partial charge in [-0.25, -0.2) is 4.39 Å². The number of amides is 2. The van der Waals surface area contributed by atoms with E-state index in [1.54, 1.807) is 24.3 Å². The van der Waals surface area contributed by atoms with Crippen LogP contribution >= 0.6 is 0 Å². The van der Waals surface area contributed by atoms with Crippen LogP contribution in [0.5, 0.6) is 5.75 Å². The van der Waals surface area contributed by atoms with Gasteiger partial charge >= 0.3 is 0 Å². The first kappa shape index (κ1) is 25.0. The van der Waals surface area contributed by atoms with Gasteiger partial charge in [-0.1, -0.05) is 66.7 Å². The van der Waals surface area contributed by atoms with Crippen LogP contribution in [0.4, 0.5) is 4.39 Å². The molecule has 1 atom stereocenters. The molecule has 0 aliphatic carbocycles. The lowest BCUT2D eigenvalue weighted by molar-refractivity contribution is -0.143. The molecule has 5 nitrogen and oxygen atoms in total. The van der Waals surface area contributed by atoms with Gasteiger partial charge in [-0.3, -0.25) is 9.59 Å². The Hall–Kier alpha value is -3.67. The number of rotatable bonds is 10. The van der Waals surface area contributed by atoms with Crippen molar-refractivity contribution in [2.45, 2.75) is 45.8 Å². The maximum atomic E-state index is 14.5. The third-order valence-electron chi connectivity index (χ3n) is 5.45. The topological polar surface area (TPSA) is 58.6 Å². The molecule has 2 amide bonds. The largest absolute Gasteiger partial charge is 0.484 e. The number of carbonyl (C=O) groups is 2. The average Bonchev–Trinajstić information content (AvgIpc) is 2.82. The van der Waals surface area contributed by atoms with Gasteiger partial charge in [0, 0.05) is 24.6 Å². The maximum absolute atomic E-state index is 14.5. The number of para-hydroxylation sites is 1. The third kappa shape index (κ3) is 6.91. The molecule has 0 fully saturated rings. The summed E-state index contributed by atoms with van der Waals surface area (Å²) in [5.41, 5.74) is 2.13. The van der Waals surface area contributed by atoms with Gasteiger partial charge in [-0.2, -0.15) is 0 Å². The fraction of sp³-hybridized carbons (Fsp3) is 0.286. The second-order valence-corrected chi connectivity index (χ2v) is 8.54. The zero-order chi connectivity index (χ0) is 24.5. The van der Waals surface area contributed by atoms with E-state index in [0.717, 1.165) is 11.1 Å². The van der Waals surface area contributed by atoms with E-state index in [2.05, 4.69) is 5.32 Å². The lowest BCUT2D eigenvalue weighted by Gasteiger charge is -2.32. The summed E-state index contributed by atoms with van der Waals surface area (Å²) in [7, 11) is 0. The molecule has 0 saturated carbocycles. The Labute approximate surface area is 200 Å². The molecule has 0 radical (unpaired) electrons. The highest BCUT2D eigenvalue weighted by molar-refractivity contribution is 5.88. The second kappa shape index (κ2) is 12.0. The molecule has 3 aromatic rings. The zero-order valence-electron chi connectivity index (χ0n) is 19.8. The standard InChI is InChI=1S/C28H31FN2O3/c1-20(2)30-28(33)25(17-22-12-5-4-6-13-22)31(18-23-14-8-9-15-24(23)29)27(32)19-34-26-16-10-7-11-21(26)3/h4-16,20,25H,17-19H2,1-3H3,(H,30,33)/t25-/m0/s1. The quantitative estimate of drug-likeness (QED) is 0.476. The highest BCUT2D eigenvalue weighted by Gasteiger charge is 2.31. The maximum Gasteiger partial charge on any atom is 0.261 e. The van der Waals surface area contributed by atoms with Crippen LogP contribution in [0, 0.1) is 12.7 Å². The molecule has 0 aliphatic rings. The fourth-order valence-electron chi connectivity index (χ4n) is 3.69. The molecule has 1 N–H and O–H groups in total. The summed E-state index contributed by atoms with van der Waals surface area (Å²) in [5, 5.41) is 2.91. The normalized spacial score (nSPS) is 11.7. The number of halogens is 1. The number of hydrogen-bond acceptors (Lipinski definition) is 3. The molecule has 0 heterocycles. The Kier molecular flexibility index (Phi) is 8.79. The van der Waals surface area contributed by atoms with Crippen molar-refractivity contribution >= 4 is 11.8 Å². The van der Waals surface area contributed by atoms with Gasteiger partial charge in [0.2, 0.25) is 5.91 Å². The fourth-order valence-corrected chi connectivity index (χ4v) is 3.69. The smallest absolute Gasteiger partial charge is 0.261 e. The van der Waals surface area contributed by atoms with E-state index in [1.165, 1.54) is 11.0 Å². The molecule has 0 aromatic heterocycles. The van der Waals surface area contributed by atoms with E-state index >= 15 is 0 Å². The van der Waals surface area contributed by atoms with Crippen molar-refractivity contribution in [1.29, 1.82) is 0 Å². The molecule has 0 spiro atoms. The number of nitrogens with zero attached hydrogens (tertiary/aromatic N) is 1. The molecule has 0 saturated heterocycles. The van der Waals surface area contributed by atoms with Gasteiger partial charge in [-0.05, 0) is 44.0 Å². The minimum Gasteiger partial charge on any atom is -0.484 e. The van der Waals surface area contributed by atoms with Gasteiger partial charge < -0.3 is 15.0 Å². The van der Waals surface area contributed by atoms with Crippen molar-refractivity contribution in [1.82, 2.24) is 10.2 Å². The molecule has 6 heteroatoms. The number of hydrogen-bond donors (Lipinski definition) is 1. The highest BCUT2D eigenvalue weighted by Crippen LogP contribution is 2.19. The first-order valence-corrected chi connectivity index (χ1v) is 11.4. The Balaban J connectivity index is 1.93. The minimum atomic E-state index is -0.836. The summed E-state index contributed by atoms with van der Waals surface area (Å²) in [4.78, 5) is 28.1. The third-order valence-corrected chi connectivity index (χ3v) is 5.45. The lowest BCUT2D eigenvalue weighted by atomic mass is 10.0. The summed E-state index contributed by atoms with van der Waals surface area (Å²) in [6.07, 6.45) is 0.296. The van der Waals surface area contributed by atoms with Crippen LogP contribution in [0.25, 0.3) is 0 Å².